The van der Waals surface area contributed by atoms with Gasteiger partial charge in [-0.25, -0.2) is 4.90 Å². The molecule has 1 aliphatic rings. The van der Waals surface area contributed by atoms with Crippen LogP contribution in [0.15, 0.2) is 30.4 Å². The highest BCUT2D eigenvalue weighted by Crippen LogP contribution is 2.30. The van der Waals surface area contributed by atoms with E-state index in [9.17, 15) is 9.59 Å². The van der Waals surface area contributed by atoms with Gasteiger partial charge in [-0.2, -0.15) is 0 Å². The number of amides is 2. The predicted octanol–water partition coefficient (Wildman–Crippen LogP) is 2.42. The molecule has 15 heavy (non-hydrogen) atoms. The maximum atomic E-state index is 11.3. The first-order valence-electron chi connectivity index (χ1n) is 4.11. The molecule has 3 nitrogen and oxygen atoms in total. The zero-order valence-electron chi connectivity index (χ0n) is 7.41. The smallest absolute Gasteiger partial charge is 0.258 e. The molecule has 0 aromatic heterocycles. The van der Waals surface area contributed by atoms with Gasteiger partial charge in [0.25, 0.3) is 11.8 Å². The molecule has 0 atom stereocenters. The fraction of sp³-hybridized carbons (Fsp3) is 0. The van der Waals surface area contributed by atoms with Gasteiger partial charge in [-0.3, -0.25) is 9.59 Å². The molecular weight excluding hydrogens is 237 g/mol. The molecule has 0 unspecified atom stereocenters. The van der Waals surface area contributed by atoms with Crippen LogP contribution in [0.1, 0.15) is 0 Å². The Kier molecular flexibility index (Phi) is 2.50. The number of nitrogens with zero attached hydrogens (tertiary/aromatic N) is 1. The zero-order chi connectivity index (χ0) is 11.0. The van der Waals surface area contributed by atoms with Crippen molar-refractivity contribution >= 4 is 40.7 Å². The van der Waals surface area contributed by atoms with E-state index in [0.29, 0.717) is 10.7 Å². The van der Waals surface area contributed by atoms with Crippen LogP contribution in [-0.2, 0) is 9.59 Å². The fourth-order valence-corrected chi connectivity index (χ4v) is 1.79. The minimum absolute atomic E-state index is 0.271. The predicted molar refractivity (Wildman–Crippen MR) is 58.1 cm³/mol. The van der Waals surface area contributed by atoms with Crippen molar-refractivity contribution < 1.29 is 9.59 Å². The number of anilines is 1. The number of rotatable bonds is 1. The van der Waals surface area contributed by atoms with Gasteiger partial charge in [0, 0.05) is 17.2 Å². The van der Waals surface area contributed by atoms with Crippen LogP contribution in [0.25, 0.3) is 0 Å². The Hall–Kier alpha value is -1.32. The van der Waals surface area contributed by atoms with Crippen molar-refractivity contribution in [2.75, 3.05) is 4.90 Å². The molecule has 0 aliphatic carbocycles. The van der Waals surface area contributed by atoms with E-state index in [2.05, 4.69) is 0 Å². The summed E-state index contributed by atoms with van der Waals surface area (Å²) in [5, 5.41) is 0.726. The lowest BCUT2D eigenvalue weighted by atomic mass is 10.3. The van der Waals surface area contributed by atoms with E-state index in [1.54, 1.807) is 6.07 Å². The summed E-state index contributed by atoms with van der Waals surface area (Å²) < 4.78 is 0. The van der Waals surface area contributed by atoms with Crippen LogP contribution >= 0.6 is 23.2 Å². The number of hydrogen-bond donors (Lipinski definition) is 0. The van der Waals surface area contributed by atoms with Gasteiger partial charge in [-0.05, 0) is 18.2 Å². The number of imide groups is 1. The van der Waals surface area contributed by atoms with Crippen molar-refractivity contribution in [1.82, 2.24) is 0 Å². The quantitative estimate of drug-likeness (QED) is 0.709. The minimum Gasteiger partial charge on any atom is -0.269 e. The lowest BCUT2D eigenvalue weighted by molar-refractivity contribution is -0.119. The molecule has 1 aromatic rings. The molecule has 76 valence electrons. The second-order valence-corrected chi connectivity index (χ2v) is 3.78. The van der Waals surface area contributed by atoms with Gasteiger partial charge < -0.3 is 0 Å². The van der Waals surface area contributed by atoms with Crippen LogP contribution in [0.3, 0.4) is 0 Å². The topological polar surface area (TPSA) is 37.4 Å². The zero-order valence-corrected chi connectivity index (χ0v) is 8.92. The molecule has 2 rings (SSSR count). The molecule has 0 bridgehead atoms. The van der Waals surface area contributed by atoms with Crippen LogP contribution < -0.4 is 4.90 Å². The Balaban J connectivity index is 2.46. The second kappa shape index (κ2) is 3.68. The fourth-order valence-electron chi connectivity index (χ4n) is 1.30. The molecule has 1 aliphatic heterocycles. The molecule has 0 radical (unpaired) electrons. The maximum Gasteiger partial charge on any atom is 0.258 e. The molecule has 0 N–H and O–H groups in total. The van der Waals surface area contributed by atoms with Crippen LogP contribution in [0.2, 0.25) is 10.0 Å². The Morgan fingerprint density at radius 1 is 1.00 bits per heavy atom. The Morgan fingerprint density at radius 2 is 1.60 bits per heavy atom. The van der Waals surface area contributed by atoms with Crippen molar-refractivity contribution in [1.29, 1.82) is 0 Å². The van der Waals surface area contributed by atoms with E-state index < -0.39 is 11.8 Å². The van der Waals surface area contributed by atoms with E-state index >= 15 is 0 Å². The van der Waals surface area contributed by atoms with Crippen molar-refractivity contribution in [3.8, 4) is 0 Å². The highest BCUT2D eigenvalue weighted by Gasteiger charge is 2.26. The third-order valence-corrected chi connectivity index (χ3v) is 2.50. The summed E-state index contributed by atoms with van der Waals surface area (Å²) in [7, 11) is 0. The molecule has 0 saturated carbocycles. The van der Waals surface area contributed by atoms with Gasteiger partial charge in [0.2, 0.25) is 0 Å². The van der Waals surface area contributed by atoms with E-state index in [0.717, 1.165) is 4.90 Å². The summed E-state index contributed by atoms with van der Waals surface area (Å²) >= 11 is 11.6. The van der Waals surface area contributed by atoms with Crippen molar-refractivity contribution in [2.45, 2.75) is 0 Å². The van der Waals surface area contributed by atoms with E-state index in [-0.39, 0.29) is 5.02 Å². The van der Waals surface area contributed by atoms with Gasteiger partial charge in [0.15, 0.2) is 0 Å². The average Bonchev–Trinajstić information content (AvgIpc) is 2.48. The monoisotopic (exact) mass is 241 g/mol. The van der Waals surface area contributed by atoms with Crippen molar-refractivity contribution in [2.24, 2.45) is 0 Å². The first-order valence-corrected chi connectivity index (χ1v) is 4.86. The van der Waals surface area contributed by atoms with Crippen LogP contribution in [0.5, 0.6) is 0 Å². The molecule has 1 aromatic carbocycles. The molecule has 1 heterocycles. The Morgan fingerprint density at radius 3 is 2.13 bits per heavy atom. The van der Waals surface area contributed by atoms with Gasteiger partial charge >= 0.3 is 0 Å². The first kappa shape index (κ1) is 10.2. The van der Waals surface area contributed by atoms with Crippen molar-refractivity contribution in [3.63, 3.8) is 0 Å². The van der Waals surface area contributed by atoms with Crippen LogP contribution in [0.4, 0.5) is 5.69 Å². The minimum atomic E-state index is -0.399. The SMILES string of the molecule is O=C1C=CC(=O)N1c1ccc(Cl)cc1Cl. The number of hydrogen-bond acceptors (Lipinski definition) is 2. The van der Waals surface area contributed by atoms with Gasteiger partial charge in [0.05, 0.1) is 10.7 Å². The highest BCUT2D eigenvalue weighted by atomic mass is 35.5. The molecular formula is C10H5Cl2NO2. The van der Waals surface area contributed by atoms with Crippen LogP contribution in [-0.4, -0.2) is 11.8 Å². The number of halogens is 2. The molecule has 0 saturated heterocycles. The molecule has 0 spiro atoms. The maximum absolute atomic E-state index is 11.3. The van der Waals surface area contributed by atoms with Gasteiger partial charge in [-0.15, -0.1) is 0 Å². The highest BCUT2D eigenvalue weighted by molar-refractivity contribution is 6.39. The average molecular weight is 242 g/mol. The summed E-state index contributed by atoms with van der Waals surface area (Å²) in [5.74, 6) is -0.798. The molecule has 0 fully saturated rings. The van der Waals surface area contributed by atoms with Crippen molar-refractivity contribution in [3.05, 3.63) is 40.4 Å². The number of carbonyl (C=O) groups excluding carboxylic acids is 2. The summed E-state index contributed by atoms with van der Waals surface area (Å²) in [6.07, 6.45) is 2.40. The molecule has 5 heteroatoms. The summed E-state index contributed by atoms with van der Waals surface area (Å²) in [6.45, 7) is 0. The van der Waals surface area contributed by atoms with Crippen LogP contribution in [0, 0.1) is 0 Å². The van der Waals surface area contributed by atoms with E-state index in [1.807, 2.05) is 0 Å². The largest absolute Gasteiger partial charge is 0.269 e. The standard InChI is InChI=1S/C10H5Cl2NO2/c11-6-1-2-8(7(12)5-6)13-9(14)3-4-10(13)15/h1-5H. The Bertz CT molecular complexity index is 464. The number of carbonyl (C=O) groups is 2. The number of benzene rings is 1. The summed E-state index contributed by atoms with van der Waals surface area (Å²) in [4.78, 5) is 23.7. The lowest BCUT2D eigenvalue weighted by Crippen LogP contribution is -2.29. The summed E-state index contributed by atoms with van der Waals surface area (Å²) in [5.41, 5.74) is 0.348. The van der Waals surface area contributed by atoms with Gasteiger partial charge in [0.1, 0.15) is 0 Å². The third kappa shape index (κ3) is 1.76. The first-order chi connectivity index (χ1) is 7.09. The Labute approximate surface area is 95.9 Å². The van der Waals surface area contributed by atoms with Gasteiger partial charge in [-0.1, -0.05) is 23.2 Å². The molecule has 2 amide bonds. The summed E-state index contributed by atoms with van der Waals surface area (Å²) in [6, 6.07) is 4.59. The normalized spacial score (nSPS) is 15.2. The second-order valence-electron chi connectivity index (χ2n) is 2.94. The van der Waals surface area contributed by atoms with E-state index in [1.165, 1.54) is 24.3 Å². The third-order valence-electron chi connectivity index (χ3n) is 1.96. The van der Waals surface area contributed by atoms with E-state index in [4.69, 9.17) is 23.2 Å². The lowest BCUT2D eigenvalue weighted by Gasteiger charge is -2.15.